The Labute approximate surface area is 99.3 Å². The highest BCUT2D eigenvalue weighted by atomic mass is 19.4. The molecule has 18 heavy (non-hydrogen) atoms. The van der Waals surface area contributed by atoms with E-state index in [0.717, 1.165) is 19.2 Å². The molecule has 1 atom stereocenters. The number of benzene rings is 1. The van der Waals surface area contributed by atoms with Gasteiger partial charge in [-0.15, -0.1) is 13.2 Å². The Morgan fingerprint density at radius 1 is 1.39 bits per heavy atom. The van der Waals surface area contributed by atoms with Crippen LogP contribution < -0.4 is 10.5 Å². The molecule has 8 heteroatoms. The third-order valence-corrected chi connectivity index (χ3v) is 2.00. The number of carbonyl (C=O) groups excluding carboxylic acids is 1. The molecule has 0 heterocycles. The number of methoxy groups -OCH3 is 1. The highest BCUT2D eigenvalue weighted by Crippen LogP contribution is 2.28. The van der Waals surface area contributed by atoms with Crippen LogP contribution in [0.3, 0.4) is 0 Å². The summed E-state index contributed by atoms with van der Waals surface area (Å²) in [6, 6.07) is 1.18. The second-order valence-electron chi connectivity index (χ2n) is 3.24. The first-order valence-electron chi connectivity index (χ1n) is 4.63. The Hall–Kier alpha value is -1.83. The van der Waals surface area contributed by atoms with Crippen LogP contribution in [-0.4, -0.2) is 19.4 Å². The minimum absolute atomic E-state index is 0.0532. The molecule has 0 saturated heterocycles. The van der Waals surface area contributed by atoms with Crippen molar-refractivity contribution in [1.82, 2.24) is 0 Å². The SMILES string of the molecule is COC(=O)C(N)c1ccc(F)c(OC(F)(F)F)c1. The lowest BCUT2D eigenvalue weighted by atomic mass is 10.1. The van der Waals surface area contributed by atoms with Crippen molar-refractivity contribution in [1.29, 1.82) is 0 Å². The van der Waals surface area contributed by atoms with Gasteiger partial charge in [-0.25, -0.2) is 4.39 Å². The minimum atomic E-state index is -5.03. The molecule has 0 aliphatic carbocycles. The maximum Gasteiger partial charge on any atom is 0.573 e. The van der Waals surface area contributed by atoms with Crippen LogP contribution >= 0.6 is 0 Å². The maximum atomic E-state index is 13.1. The van der Waals surface area contributed by atoms with Gasteiger partial charge in [-0.05, 0) is 17.7 Å². The van der Waals surface area contributed by atoms with Gasteiger partial charge < -0.3 is 15.2 Å². The molecule has 1 unspecified atom stereocenters. The summed E-state index contributed by atoms with van der Waals surface area (Å²) in [7, 11) is 1.07. The molecule has 1 aromatic carbocycles. The average Bonchev–Trinajstić information content (AvgIpc) is 2.28. The van der Waals surface area contributed by atoms with Crippen LogP contribution in [0.25, 0.3) is 0 Å². The monoisotopic (exact) mass is 267 g/mol. The summed E-state index contributed by atoms with van der Waals surface area (Å²) in [5.41, 5.74) is 5.34. The van der Waals surface area contributed by atoms with Crippen molar-refractivity contribution in [2.24, 2.45) is 5.73 Å². The van der Waals surface area contributed by atoms with Crippen molar-refractivity contribution in [3.63, 3.8) is 0 Å². The summed E-state index contributed by atoms with van der Waals surface area (Å²) in [4.78, 5) is 11.1. The van der Waals surface area contributed by atoms with Crippen molar-refractivity contribution >= 4 is 5.97 Å². The van der Waals surface area contributed by atoms with Gasteiger partial charge >= 0.3 is 12.3 Å². The van der Waals surface area contributed by atoms with Crippen molar-refractivity contribution < 1.29 is 31.8 Å². The quantitative estimate of drug-likeness (QED) is 0.671. The summed E-state index contributed by atoms with van der Waals surface area (Å²) >= 11 is 0. The third-order valence-electron chi connectivity index (χ3n) is 2.00. The van der Waals surface area contributed by atoms with Crippen molar-refractivity contribution in [3.8, 4) is 5.75 Å². The molecule has 1 rings (SSSR count). The Bertz CT molecular complexity index is 447. The van der Waals surface area contributed by atoms with Gasteiger partial charge in [-0.1, -0.05) is 6.07 Å². The van der Waals surface area contributed by atoms with Gasteiger partial charge in [-0.2, -0.15) is 0 Å². The minimum Gasteiger partial charge on any atom is -0.468 e. The molecule has 4 nitrogen and oxygen atoms in total. The van der Waals surface area contributed by atoms with Crippen molar-refractivity contribution in [3.05, 3.63) is 29.6 Å². The van der Waals surface area contributed by atoms with E-state index < -0.39 is 29.9 Å². The van der Waals surface area contributed by atoms with Gasteiger partial charge in [0.15, 0.2) is 11.6 Å². The molecule has 0 saturated carbocycles. The first-order valence-corrected chi connectivity index (χ1v) is 4.63. The molecule has 0 aliphatic rings. The van der Waals surface area contributed by atoms with Crippen LogP contribution in [0.4, 0.5) is 17.6 Å². The predicted octanol–water partition coefficient (Wildman–Crippen LogP) is 1.90. The van der Waals surface area contributed by atoms with Gasteiger partial charge in [-0.3, -0.25) is 4.79 Å². The van der Waals surface area contributed by atoms with Gasteiger partial charge in [0, 0.05) is 0 Å². The van der Waals surface area contributed by atoms with Crippen LogP contribution in [0.15, 0.2) is 18.2 Å². The van der Waals surface area contributed by atoms with Crippen LogP contribution in [0, 0.1) is 5.82 Å². The fourth-order valence-corrected chi connectivity index (χ4v) is 1.18. The molecular weight excluding hydrogens is 258 g/mol. The molecule has 0 aliphatic heterocycles. The van der Waals surface area contributed by atoms with Gasteiger partial charge in [0.05, 0.1) is 7.11 Å². The van der Waals surface area contributed by atoms with Crippen LogP contribution in [0.5, 0.6) is 5.75 Å². The Morgan fingerprint density at radius 2 is 2.00 bits per heavy atom. The third kappa shape index (κ3) is 3.59. The predicted molar refractivity (Wildman–Crippen MR) is 52.0 cm³/mol. The van der Waals surface area contributed by atoms with Crippen LogP contribution in [-0.2, 0) is 9.53 Å². The number of rotatable bonds is 3. The van der Waals surface area contributed by atoms with E-state index in [0.29, 0.717) is 6.07 Å². The fourth-order valence-electron chi connectivity index (χ4n) is 1.18. The molecule has 0 aromatic heterocycles. The molecule has 1 aromatic rings. The van der Waals surface area contributed by atoms with E-state index in [1.807, 2.05) is 0 Å². The second kappa shape index (κ2) is 5.21. The van der Waals surface area contributed by atoms with E-state index in [4.69, 9.17) is 5.73 Å². The second-order valence-corrected chi connectivity index (χ2v) is 3.24. The van der Waals surface area contributed by atoms with E-state index in [2.05, 4.69) is 9.47 Å². The number of alkyl halides is 3. The summed E-state index contributed by atoms with van der Waals surface area (Å²) in [6.07, 6.45) is -5.03. The number of halogens is 4. The average molecular weight is 267 g/mol. The molecule has 2 N–H and O–H groups in total. The zero-order chi connectivity index (χ0) is 13.9. The molecule has 0 fully saturated rings. The largest absolute Gasteiger partial charge is 0.573 e. The standard InChI is InChI=1S/C10H9F4NO3/c1-17-9(16)8(15)5-2-3-6(11)7(4-5)18-10(12,13)14/h2-4,8H,15H2,1H3. The lowest BCUT2D eigenvalue weighted by Gasteiger charge is -2.13. The molecule has 0 bridgehead atoms. The summed E-state index contributed by atoms with van der Waals surface area (Å²) in [5.74, 6) is -3.13. The summed E-state index contributed by atoms with van der Waals surface area (Å²) in [6.45, 7) is 0. The van der Waals surface area contributed by atoms with E-state index in [9.17, 15) is 22.4 Å². The highest BCUT2D eigenvalue weighted by Gasteiger charge is 2.32. The zero-order valence-corrected chi connectivity index (χ0v) is 9.12. The van der Waals surface area contributed by atoms with E-state index >= 15 is 0 Å². The lowest BCUT2D eigenvalue weighted by Crippen LogP contribution is -2.23. The van der Waals surface area contributed by atoms with Gasteiger partial charge in [0.2, 0.25) is 0 Å². The number of hydrogen-bond acceptors (Lipinski definition) is 4. The molecule has 0 radical (unpaired) electrons. The number of carbonyl (C=O) groups is 1. The number of hydrogen-bond donors (Lipinski definition) is 1. The van der Waals surface area contributed by atoms with E-state index in [1.165, 1.54) is 0 Å². The number of nitrogens with two attached hydrogens (primary N) is 1. The van der Waals surface area contributed by atoms with Crippen LogP contribution in [0.2, 0.25) is 0 Å². The Balaban J connectivity index is 3.04. The summed E-state index contributed by atoms with van der Waals surface area (Å²) < 4.78 is 56.7. The van der Waals surface area contributed by atoms with Gasteiger partial charge in [0.25, 0.3) is 0 Å². The normalized spacial score (nSPS) is 13.0. The molecular formula is C10H9F4NO3. The highest BCUT2D eigenvalue weighted by molar-refractivity contribution is 5.77. The Morgan fingerprint density at radius 3 is 2.50 bits per heavy atom. The lowest BCUT2D eigenvalue weighted by molar-refractivity contribution is -0.275. The number of esters is 1. The number of ether oxygens (including phenoxy) is 2. The van der Waals surface area contributed by atoms with Crippen molar-refractivity contribution in [2.75, 3.05) is 7.11 Å². The Kier molecular flexibility index (Phi) is 4.12. The maximum absolute atomic E-state index is 13.1. The van der Waals surface area contributed by atoms with E-state index in [-0.39, 0.29) is 5.56 Å². The van der Waals surface area contributed by atoms with Crippen LogP contribution in [0.1, 0.15) is 11.6 Å². The van der Waals surface area contributed by atoms with Gasteiger partial charge in [0.1, 0.15) is 6.04 Å². The molecule has 0 amide bonds. The van der Waals surface area contributed by atoms with E-state index in [1.54, 1.807) is 0 Å². The topological polar surface area (TPSA) is 61.5 Å². The fraction of sp³-hybridized carbons (Fsp3) is 0.300. The smallest absolute Gasteiger partial charge is 0.468 e. The molecule has 0 spiro atoms. The summed E-state index contributed by atoms with van der Waals surface area (Å²) in [5, 5.41) is 0. The first kappa shape index (κ1) is 14.2. The molecule has 100 valence electrons. The zero-order valence-electron chi connectivity index (χ0n) is 9.12. The first-order chi connectivity index (χ1) is 8.24. The van der Waals surface area contributed by atoms with Crippen molar-refractivity contribution in [2.45, 2.75) is 12.4 Å².